The molecule has 0 aliphatic carbocycles. The van der Waals surface area contributed by atoms with Crippen LogP contribution < -0.4 is 11.1 Å². The summed E-state index contributed by atoms with van der Waals surface area (Å²) in [6.07, 6.45) is 0.913. The lowest BCUT2D eigenvalue weighted by atomic mass is 9.87. The van der Waals surface area contributed by atoms with Crippen molar-refractivity contribution in [3.63, 3.8) is 0 Å². The zero-order chi connectivity index (χ0) is 13.9. The number of likely N-dealkylation sites (tertiary alicyclic amines) is 1. The maximum atomic E-state index is 12.2. The Hall–Kier alpha value is -0.760. The fourth-order valence-electron chi connectivity index (χ4n) is 2.39. The molecule has 2 aliphatic rings. The van der Waals surface area contributed by atoms with Gasteiger partial charge in [0.15, 0.2) is 6.10 Å². The van der Waals surface area contributed by atoms with E-state index in [2.05, 4.69) is 10.2 Å². The second-order valence-corrected chi connectivity index (χ2v) is 5.61. The summed E-state index contributed by atoms with van der Waals surface area (Å²) in [5.41, 5.74) is 5.27. The normalized spacial score (nSPS) is 27.7. The molecule has 0 aromatic rings. The zero-order valence-electron chi connectivity index (χ0n) is 11.2. The number of hydrogen-bond acceptors (Lipinski definition) is 5. The predicted octanol–water partition coefficient (Wildman–Crippen LogP) is -0.731. The van der Waals surface area contributed by atoms with Gasteiger partial charge in [-0.25, -0.2) is 0 Å². The van der Waals surface area contributed by atoms with E-state index >= 15 is 0 Å². The lowest BCUT2D eigenvalue weighted by molar-refractivity contribution is -0.149. The molecule has 2 fully saturated rings. The SMILES string of the molecule is CN1CCC(NC(=O)C2COCCO2)(C(N)=S)CC1. The fourth-order valence-corrected chi connectivity index (χ4v) is 2.64. The van der Waals surface area contributed by atoms with Crippen LogP contribution in [0.3, 0.4) is 0 Å². The second-order valence-electron chi connectivity index (χ2n) is 5.17. The Kier molecular flexibility index (Phi) is 4.72. The number of nitrogens with one attached hydrogen (secondary N) is 1. The van der Waals surface area contributed by atoms with Crippen LogP contribution in [0, 0.1) is 0 Å². The molecular weight excluding hydrogens is 266 g/mol. The van der Waals surface area contributed by atoms with Crippen molar-refractivity contribution in [2.45, 2.75) is 24.5 Å². The summed E-state index contributed by atoms with van der Waals surface area (Å²) in [5, 5.41) is 2.99. The Morgan fingerprint density at radius 1 is 1.42 bits per heavy atom. The number of thiocarbonyl (C=S) groups is 1. The van der Waals surface area contributed by atoms with Crippen molar-refractivity contribution in [3.05, 3.63) is 0 Å². The van der Waals surface area contributed by atoms with Gasteiger partial charge in [-0.1, -0.05) is 12.2 Å². The number of hydrogen-bond donors (Lipinski definition) is 2. The van der Waals surface area contributed by atoms with Gasteiger partial charge in [-0.05, 0) is 19.9 Å². The van der Waals surface area contributed by atoms with Crippen LogP contribution in [-0.2, 0) is 14.3 Å². The van der Waals surface area contributed by atoms with E-state index in [4.69, 9.17) is 27.4 Å². The van der Waals surface area contributed by atoms with Crippen molar-refractivity contribution in [3.8, 4) is 0 Å². The molecule has 0 saturated carbocycles. The molecule has 2 heterocycles. The van der Waals surface area contributed by atoms with Crippen LogP contribution in [0.4, 0.5) is 0 Å². The van der Waals surface area contributed by atoms with Crippen molar-refractivity contribution >= 4 is 23.1 Å². The van der Waals surface area contributed by atoms with Crippen LogP contribution in [-0.4, -0.2) is 67.4 Å². The summed E-state index contributed by atoms with van der Waals surface area (Å²) in [7, 11) is 2.05. The highest BCUT2D eigenvalue weighted by atomic mass is 32.1. The van der Waals surface area contributed by atoms with Gasteiger partial charge in [-0.15, -0.1) is 0 Å². The molecule has 0 bridgehead atoms. The number of piperidine rings is 1. The summed E-state index contributed by atoms with van der Waals surface area (Å²) in [6.45, 7) is 2.99. The molecule has 1 unspecified atom stereocenters. The fraction of sp³-hybridized carbons (Fsp3) is 0.833. The van der Waals surface area contributed by atoms with E-state index in [-0.39, 0.29) is 5.91 Å². The molecule has 19 heavy (non-hydrogen) atoms. The van der Waals surface area contributed by atoms with Gasteiger partial charge in [0.05, 0.1) is 30.3 Å². The Bertz CT molecular complexity index is 350. The van der Waals surface area contributed by atoms with Crippen LogP contribution in [0.1, 0.15) is 12.8 Å². The maximum absolute atomic E-state index is 12.2. The smallest absolute Gasteiger partial charge is 0.252 e. The molecule has 108 valence electrons. The van der Waals surface area contributed by atoms with Gasteiger partial charge in [-0.3, -0.25) is 4.79 Å². The van der Waals surface area contributed by atoms with Crippen LogP contribution in [0.2, 0.25) is 0 Å². The highest BCUT2D eigenvalue weighted by Crippen LogP contribution is 2.22. The molecule has 1 amide bonds. The first-order valence-corrected chi connectivity index (χ1v) is 6.94. The number of carbonyl (C=O) groups is 1. The minimum atomic E-state index is -0.584. The number of nitrogens with zero attached hydrogens (tertiary/aromatic N) is 1. The third kappa shape index (κ3) is 3.42. The highest BCUT2D eigenvalue weighted by Gasteiger charge is 2.39. The number of nitrogens with two attached hydrogens (primary N) is 1. The Morgan fingerprint density at radius 3 is 2.63 bits per heavy atom. The first-order chi connectivity index (χ1) is 9.03. The molecule has 2 saturated heterocycles. The maximum Gasteiger partial charge on any atom is 0.252 e. The molecule has 3 N–H and O–H groups in total. The summed E-state index contributed by atoms with van der Waals surface area (Å²) >= 11 is 5.16. The molecule has 0 spiro atoms. The first-order valence-electron chi connectivity index (χ1n) is 6.53. The average Bonchev–Trinajstić information content (AvgIpc) is 2.42. The number of ether oxygens (including phenoxy) is 2. The van der Waals surface area contributed by atoms with E-state index in [1.165, 1.54) is 0 Å². The van der Waals surface area contributed by atoms with Gasteiger partial charge >= 0.3 is 0 Å². The summed E-state index contributed by atoms with van der Waals surface area (Å²) in [4.78, 5) is 14.8. The monoisotopic (exact) mass is 287 g/mol. The summed E-state index contributed by atoms with van der Waals surface area (Å²) in [5.74, 6) is -0.183. The first kappa shape index (κ1) is 14.6. The van der Waals surface area contributed by atoms with E-state index in [1.807, 2.05) is 7.05 Å². The minimum absolute atomic E-state index is 0.183. The number of rotatable bonds is 3. The molecule has 0 aromatic heterocycles. The van der Waals surface area contributed by atoms with Gasteiger partial charge in [0.25, 0.3) is 5.91 Å². The average molecular weight is 287 g/mol. The van der Waals surface area contributed by atoms with Gasteiger partial charge in [0, 0.05) is 13.1 Å². The summed E-state index contributed by atoms with van der Waals surface area (Å²) < 4.78 is 10.6. The van der Waals surface area contributed by atoms with Crippen LogP contribution >= 0.6 is 12.2 Å². The lowest BCUT2D eigenvalue weighted by Crippen LogP contribution is -2.63. The van der Waals surface area contributed by atoms with Crippen molar-refractivity contribution in [2.24, 2.45) is 5.73 Å². The lowest BCUT2D eigenvalue weighted by Gasteiger charge is -2.41. The van der Waals surface area contributed by atoms with Gasteiger partial charge < -0.3 is 25.4 Å². The largest absolute Gasteiger partial charge is 0.391 e. The second kappa shape index (κ2) is 6.13. The minimum Gasteiger partial charge on any atom is -0.391 e. The highest BCUT2D eigenvalue weighted by molar-refractivity contribution is 7.80. The van der Waals surface area contributed by atoms with Gasteiger partial charge in [-0.2, -0.15) is 0 Å². The third-order valence-corrected chi connectivity index (χ3v) is 4.17. The molecular formula is C12H21N3O3S. The molecule has 0 radical (unpaired) electrons. The Morgan fingerprint density at radius 2 is 2.11 bits per heavy atom. The molecule has 2 aliphatic heterocycles. The molecule has 1 atom stereocenters. The van der Waals surface area contributed by atoms with Crippen molar-refractivity contribution in [2.75, 3.05) is 40.0 Å². The van der Waals surface area contributed by atoms with Crippen molar-refractivity contribution in [1.82, 2.24) is 10.2 Å². The van der Waals surface area contributed by atoms with E-state index in [9.17, 15) is 4.79 Å². The standard InChI is InChI=1S/C12H21N3O3S/c1-15-4-2-12(3-5-15,11(13)19)14-10(16)9-8-17-6-7-18-9/h9H,2-8H2,1H3,(H2,13,19)(H,14,16). The molecule has 0 aromatic carbocycles. The van der Waals surface area contributed by atoms with E-state index in [0.717, 1.165) is 25.9 Å². The van der Waals surface area contributed by atoms with Crippen molar-refractivity contribution < 1.29 is 14.3 Å². The van der Waals surface area contributed by atoms with Gasteiger partial charge in [0.1, 0.15) is 0 Å². The van der Waals surface area contributed by atoms with E-state index in [0.29, 0.717) is 24.8 Å². The Labute approximate surface area is 118 Å². The summed E-state index contributed by atoms with van der Waals surface area (Å²) in [6, 6.07) is 0. The van der Waals surface area contributed by atoms with Crippen LogP contribution in [0.25, 0.3) is 0 Å². The molecule has 6 nitrogen and oxygen atoms in total. The number of carbonyl (C=O) groups excluding carboxylic acids is 1. The molecule has 7 heteroatoms. The third-order valence-electron chi connectivity index (χ3n) is 3.78. The van der Waals surface area contributed by atoms with E-state index < -0.39 is 11.6 Å². The quantitative estimate of drug-likeness (QED) is 0.667. The molecule has 2 rings (SSSR count). The van der Waals surface area contributed by atoms with E-state index in [1.54, 1.807) is 0 Å². The Balaban J connectivity index is 2.00. The van der Waals surface area contributed by atoms with Crippen LogP contribution in [0.15, 0.2) is 0 Å². The zero-order valence-corrected chi connectivity index (χ0v) is 12.0. The van der Waals surface area contributed by atoms with Gasteiger partial charge in [0.2, 0.25) is 0 Å². The topological polar surface area (TPSA) is 76.8 Å². The van der Waals surface area contributed by atoms with Crippen LogP contribution in [0.5, 0.6) is 0 Å². The van der Waals surface area contributed by atoms with Crippen molar-refractivity contribution in [1.29, 1.82) is 0 Å². The number of amides is 1. The predicted molar refractivity (Wildman–Crippen MR) is 74.9 cm³/mol.